The molecular weight excluding hydrogens is 338 g/mol. The molecule has 2 aromatic heterocycles. The minimum atomic E-state index is -0.0447. The Balaban J connectivity index is 1.50. The average Bonchev–Trinajstić information content (AvgIpc) is 2.75. The quantitative estimate of drug-likeness (QED) is 0.714. The van der Waals surface area contributed by atoms with Gasteiger partial charge in [-0.05, 0) is 30.9 Å². The predicted molar refractivity (Wildman–Crippen MR) is 106 cm³/mol. The lowest BCUT2D eigenvalue weighted by Gasteiger charge is -2.32. The van der Waals surface area contributed by atoms with Gasteiger partial charge in [0, 0.05) is 37.1 Å². The van der Waals surface area contributed by atoms with Crippen molar-refractivity contribution in [2.24, 2.45) is 0 Å². The molecule has 0 amide bonds. The van der Waals surface area contributed by atoms with Crippen molar-refractivity contribution in [1.82, 2.24) is 19.7 Å². The van der Waals surface area contributed by atoms with Crippen molar-refractivity contribution in [3.8, 4) is 11.3 Å². The Kier molecular flexibility index (Phi) is 4.96. The van der Waals surface area contributed by atoms with Crippen LogP contribution in [0.2, 0.25) is 0 Å². The predicted octanol–water partition coefficient (Wildman–Crippen LogP) is 3.10. The molecule has 1 fully saturated rings. The van der Waals surface area contributed by atoms with E-state index in [-0.39, 0.29) is 11.6 Å². The van der Waals surface area contributed by atoms with Gasteiger partial charge in [-0.25, -0.2) is 14.6 Å². The Morgan fingerprint density at radius 2 is 1.70 bits per heavy atom. The van der Waals surface area contributed by atoms with Crippen LogP contribution >= 0.6 is 0 Å². The van der Waals surface area contributed by atoms with Crippen LogP contribution in [0.15, 0.2) is 59.7 Å². The Morgan fingerprint density at radius 3 is 2.37 bits per heavy atom. The van der Waals surface area contributed by atoms with Gasteiger partial charge in [-0.2, -0.15) is 5.10 Å². The van der Waals surface area contributed by atoms with Crippen molar-refractivity contribution in [3.63, 3.8) is 0 Å². The molecule has 0 bridgehead atoms. The number of rotatable bonds is 4. The van der Waals surface area contributed by atoms with Crippen LogP contribution in [0.4, 0.5) is 5.95 Å². The largest absolute Gasteiger partial charge is 0.341 e. The lowest BCUT2D eigenvalue weighted by molar-refractivity contribution is 0.352. The van der Waals surface area contributed by atoms with E-state index in [0.29, 0.717) is 0 Å². The van der Waals surface area contributed by atoms with Crippen molar-refractivity contribution < 1.29 is 0 Å². The van der Waals surface area contributed by atoms with E-state index >= 15 is 0 Å². The normalized spacial score (nSPS) is 15.1. The minimum absolute atomic E-state index is 0.0447. The SMILES string of the molecule is CCc1cnc(N2CCC(n3nc(-c4ccccc4)ccc3=O)CC2)nc1. The van der Waals surface area contributed by atoms with Gasteiger partial charge in [-0.3, -0.25) is 4.79 Å². The van der Waals surface area contributed by atoms with Gasteiger partial charge in [0.15, 0.2) is 0 Å². The van der Waals surface area contributed by atoms with Crippen LogP contribution in [-0.4, -0.2) is 32.8 Å². The van der Waals surface area contributed by atoms with Crippen LogP contribution in [-0.2, 0) is 6.42 Å². The molecule has 3 aromatic rings. The molecule has 0 atom stereocenters. The van der Waals surface area contributed by atoms with Gasteiger partial charge in [0.05, 0.1) is 11.7 Å². The van der Waals surface area contributed by atoms with Crippen LogP contribution in [0, 0.1) is 0 Å². The van der Waals surface area contributed by atoms with Crippen LogP contribution in [0.3, 0.4) is 0 Å². The van der Waals surface area contributed by atoms with Gasteiger partial charge in [-0.15, -0.1) is 0 Å². The summed E-state index contributed by atoms with van der Waals surface area (Å²) in [6, 6.07) is 13.5. The Labute approximate surface area is 158 Å². The summed E-state index contributed by atoms with van der Waals surface area (Å²) in [7, 11) is 0. The molecule has 6 nitrogen and oxygen atoms in total. The van der Waals surface area contributed by atoms with E-state index in [1.54, 1.807) is 16.8 Å². The highest BCUT2D eigenvalue weighted by molar-refractivity contribution is 5.57. The maximum absolute atomic E-state index is 12.4. The second kappa shape index (κ2) is 7.70. The van der Waals surface area contributed by atoms with Crippen molar-refractivity contribution in [2.45, 2.75) is 32.2 Å². The second-order valence-corrected chi connectivity index (χ2v) is 6.83. The summed E-state index contributed by atoms with van der Waals surface area (Å²) >= 11 is 0. The van der Waals surface area contributed by atoms with Gasteiger partial charge >= 0.3 is 0 Å². The first-order valence-corrected chi connectivity index (χ1v) is 9.46. The molecule has 0 aliphatic carbocycles. The zero-order valence-electron chi connectivity index (χ0n) is 15.5. The molecule has 0 radical (unpaired) electrons. The number of hydrogen-bond donors (Lipinski definition) is 0. The van der Waals surface area contributed by atoms with Gasteiger partial charge in [0.1, 0.15) is 0 Å². The first kappa shape index (κ1) is 17.4. The smallest absolute Gasteiger partial charge is 0.267 e. The van der Waals surface area contributed by atoms with Crippen molar-refractivity contribution in [3.05, 3.63) is 70.8 Å². The van der Waals surface area contributed by atoms with Crippen molar-refractivity contribution in [2.75, 3.05) is 18.0 Å². The molecule has 0 spiro atoms. The van der Waals surface area contributed by atoms with E-state index in [1.807, 2.05) is 42.7 Å². The molecule has 27 heavy (non-hydrogen) atoms. The fraction of sp³-hybridized carbons (Fsp3) is 0.333. The van der Waals surface area contributed by atoms with E-state index < -0.39 is 0 Å². The molecule has 1 aliphatic heterocycles. The molecular formula is C21H23N5O. The van der Waals surface area contributed by atoms with Gasteiger partial charge in [0.25, 0.3) is 5.56 Å². The first-order chi connectivity index (χ1) is 13.2. The Bertz CT molecular complexity index is 944. The van der Waals surface area contributed by atoms with E-state index in [9.17, 15) is 4.79 Å². The van der Waals surface area contributed by atoms with E-state index in [0.717, 1.165) is 55.1 Å². The molecule has 138 valence electrons. The molecule has 1 saturated heterocycles. The number of piperidine rings is 1. The third kappa shape index (κ3) is 3.74. The monoisotopic (exact) mass is 361 g/mol. The number of aromatic nitrogens is 4. The third-order valence-corrected chi connectivity index (χ3v) is 5.09. The summed E-state index contributed by atoms with van der Waals surface area (Å²) in [6.45, 7) is 3.73. The fourth-order valence-electron chi connectivity index (χ4n) is 3.45. The lowest BCUT2D eigenvalue weighted by atomic mass is 10.1. The summed E-state index contributed by atoms with van der Waals surface area (Å²) in [5.41, 5.74) is 2.95. The molecule has 4 rings (SSSR count). The second-order valence-electron chi connectivity index (χ2n) is 6.83. The highest BCUT2D eigenvalue weighted by atomic mass is 16.1. The number of nitrogens with zero attached hydrogens (tertiary/aromatic N) is 5. The number of aryl methyl sites for hydroxylation is 1. The molecule has 0 N–H and O–H groups in total. The molecule has 0 unspecified atom stereocenters. The summed E-state index contributed by atoms with van der Waals surface area (Å²) in [5, 5.41) is 4.64. The standard InChI is InChI=1S/C21H23N5O/c1-2-16-14-22-21(23-15-16)25-12-10-18(11-13-25)26-20(27)9-8-19(24-26)17-6-4-3-5-7-17/h3-9,14-15,18H,2,10-13H2,1H3. The van der Waals surface area contributed by atoms with Crippen molar-refractivity contribution in [1.29, 1.82) is 0 Å². The van der Waals surface area contributed by atoms with E-state index in [1.165, 1.54) is 0 Å². The lowest BCUT2D eigenvalue weighted by Crippen LogP contribution is -2.39. The van der Waals surface area contributed by atoms with Crippen molar-refractivity contribution >= 4 is 5.95 Å². The number of benzene rings is 1. The van der Waals surface area contributed by atoms with E-state index in [2.05, 4.69) is 26.9 Å². The van der Waals surface area contributed by atoms with Crippen LogP contribution < -0.4 is 10.5 Å². The molecule has 3 heterocycles. The Hall–Kier alpha value is -3.02. The Morgan fingerprint density at radius 1 is 1.00 bits per heavy atom. The van der Waals surface area contributed by atoms with Gasteiger partial charge < -0.3 is 4.90 Å². The topological polar surface area (TPSA) is 63.9 Å². The molecule has 0 saturated carbocycles. The highest BCUT2D eigenvalue weighted by Crippen LogP contribution is 2.24. The number of anilines is 1. The fourth-order valence-corrected chi connectivity index (χ4v) is 3.45. The highest BCUT2D eigenvalue weighted by Gasteiger charge is 2.23. The van der Waals surface area contributed by atoms with E-state index in [4.69, 9.17) is 0 Å². The van der Waals surface area contributed by atoms with Crippen LogP contribution in [0.25, 0.3) is 11.3 Å². The number of hydrogen-bond acceptors (Lipinski definition) is 5. The maximum Gasteiger partial charge on any atom is 0.267 e. The molecule has 1 aromatic carbocycles. The van der Waals surface area contributed by atoms with Crippen LogP contribution in [0.1, 0.15) is 31.4 Å². The molecule has 6 heteroatoms. The zero-order valence-corrected chi connectivity index (χ0v) is 15.5. The summed E-state index contributed by atoms with van der Waals surface area (Å²) < 4.78 is 1.65. The first-order valence-electron chi connectivity index (χ1n) is 9.46. The average molecular weight is 361 g/mol. The van der Waals surface area contributed by atoms with Gasteiger partial charge in [-0.1, -0.05) is 37.3 Å². The minimum Gasteiger partial charge on any atom is -0.341 e. The van der Waals surface area contributed by atoms with Gasteiger partial charge in [0.2, 0.25) is 5.95 Å². The third-order valence-electron chi connectivity index (χ3n) is 5.09. The maximum atomic E-state index is 12.4. The summed E-state index contributed by atoms with van der Waals surface area (Å²) in [4.78, 5) is 23.5. The zero-order chi connectivity index (χ0) is 18.6. The summed E-state index contributed by atoms with van der Waals surface area (Å²) in [6.07, 6.45) is 6.43. The summed E-state index contributed by atoms with van der Waals surface area (Å²) in [5.74, 6) is 0.768. The molecule has 1 aliphatic rings. The van der Waals surface area contributed by atoms with Crippen LogP contribution in [0.5, 0.6) is 0 Å².